The zero-order chi connectivity index (χ0) is 44.9. The van der Waals surface area contributed by atoms with Gasteiger partial charge in [0.05, 0.1) is 0 Å². The monoisotopic (exact) mass is 911 g/mol. The molecule has 7 rings (SSSR count). The zero-order valence-corrected chi connectivity index (χ0v) is 29.7. The zero-order valence-electron chi connectivity index (χ0n) is 28.8. The van der Waals surface area contributed by atoms with Crippen LogP contribution < -0.4 is 10.6 Å². The Bertz CT molecular complexity index is 2150. The maximum absolute atomic E-state index is 16.4. The average Bonchev–Trinajstić information content (AvgIpc) is 3.55. The van der Waals surface area contributed by atoms with Gasteiger partial charge in [-0.05, 0) is 0 Å². The Morgan fingerprint density at radius 2 is 0.600 bits per heavy atom. The molecule has 24 heteroatoms. The summed E-state index contributed by atoms with van der Waals surface area (Å²) in [5.74, 6) is -31.0. The Morgan fingerprint density at radius 1 is 0.350 bits per heavy atom. The third-order valence-corrected chi connectivity index (χ3v) is 17.6. The summed E-state index contributed by atoms with van der Waals surface area (Å²) < 4.78 is 323. The van der Waals surface area contributed by atoms with E-state index >= 15 is 35.1 Å². The second kappa shape index (κ2) is 11.6. The van der Waals surface area contributed by atoms with E-state index in [2.05, 4.69) is 0 Å². The molecule has 1 fully saturated rings. The van der Waals surface area contributed by atoms with Crippen LogP contribution in [0.4, 0.5) is 87.8 Å². The van der Waals surface area contributed by atoms with Gasteiger partial charge in [-0.25, -0.2) is 0 Å². The first kappa shape index (κ1) is 43.9. The van der Waals surface area contributed by atoms with Crippen molar-refractivity contribution >= 4 is 17.2 Å². The van der Waals surface area contributed by atoms with Crippen LogP contribution in [0.3, 0.4) is 0 Å². The second-order valence-corrected chi connectivity index (χ2v) is 19.3. The van der Waals surface area contributed by atoms with Crippen LogP contribution in [0.25, 0.3) is 0 Å². The van der Waals surface area contributed by atoms with Crippen LogP contribution in [0.5, 0.6) is 0 Å². The van der Waals surface area contributed by atoms with Crippen molar-refractivity contribution in [3.05, 3.63) is 131 Å². The number of rotatable bonds is 6. The molecule has 1 spiro atoms. The molecule has 0 aliphatic carbocycles. The van der Waals surface area contributed by atoms with Crippen LogP contribution in [-0.2, 0) is 30.4 Å². The maximum atomic E-state index is 16.4. The molecular weight excluding hydrogens is 891 g/mol. The molecular formula is C36H20F20O3P-. The van der Waals surface area contributed by atoms with Gasteiger partial charge >= 0.3 is 321 Å². The first-order chi connectivity index (χ1) is 27.1. The van der Waals surface area contributed by atoms with Gasteiger partial charge in [-0.3, -0.25) is 0 Å². The predicted molar refractivity (Wildman–Crippen MR) is 168 cm³/mol. The summed E-state index contributed by atoms with van der Waals surface area (Å²) in [6.07, 6.45) is -33.0. The quantitative estimate of drug-likeness (QED) is 0.142. The molecule has 0 N–H and O–H groups in total. The fourth-order valence-corrected chi connectivity index (χ4v) is 17.2. The van der Waals surface area contributed by atoms with E-state index in [4.69, 9.17) is 13.6 Å². The molecule has 0 radical (unpaired) electrons. The van der Waals surface area contributed by atoms with Crippen molar-refractivity contribution in [3.63, 3.8) is 0 Å². The number of fused-ring (bicyclic) bond motifs is 2. The van der Waals surface area contributed by atoms with Crippen molar-refractivity contribution in [2.75, 3.05) is 6.16 Å². The molecule has 3 aliphatic heterocycles. The van der Waals surface area contributed by atoms with Gasteiger partial charge < -0.3 is 0 Å². The summed E-state index contributed by atoms with van der Waals surface area (Å²) in [7, 11) is 0. The number of hydrogen-bond acceptors (Lipinski definition) is 3. The van der Waals surface area contributed by atoms with Crippen LogP contribution in [0, 0.1) is 0 Å². The summed E-state index contributed by atoms with van der Waals surface area (Å²) >= 11 is 0. The predicted octanol–water partition coefficient (Wildman–Crippen LogP) is 11.7. The van der Waals surface area contributed by atoms with Gasteiger partial charge in [0.25, 0.3) is 0 Å². The van der Waals surface area contributed by atoms with Crippen molar-refractivity contribution in [1.29, 1.82) is 0 Å². The Labute approximate surface area is 321 Å². The number of benzene rings is 4. The average molecular weight is 911 g/mol. The van der Waals surface area contributed by atoms with Gasteiger partial charge in [0, 0.05) is 0 Å². The topological polar surface area (TPSA) is 27.7 Å². The summed E-state index contributed by atoms with van der Waals surface area (Å²) in [6.45, 7) is -9.55. The van der Waals surface area contributed by atoms with Crippen LogP contribution in [0.15, 0.2) is 109 Å². The van der Waals surface area contributed by atoms with Crippen molar-refractivity contribution in [1.82, 2.24) is 0 Å². The minimum absolute atomic E-state index is 0.0872. The summed E-state index contributed by atoms with van der Waals surface area (Å²) in [4.78, 5) is 0. The van der Waals surface area contributed by atoms with Crippen molar-refractivity contribution in [3.8, 4) is 0 Å². The molecule has 1 saturated heterocycles. The standard InChI is InChI=1S/C36H20F20O3P/c37-29(38,33(45,46)47)27(30(39,40)34(48,49)50)22-15-7-9-17-24(22)60(58-27,19-26(57-60,20-11-3-1-4-12-20)21-13-5-2-6-14-21)25-18-10-8-16-23(25)28(59-60,31(41,42)35(51,52)53)32(43,44)36(54,55)56/h1-18H,19H2/q-1. The first-order valence-corrected chi connectivity index (χ1v) is 19.2. The van der Waals surface area contributed by atoms with E-state index in [1.54, 1.807) is 0 Å². The van der Waals surface area contributed by atoms with Crippen LogP contribution in [0.1, 0.15) is 22.3 Å². The van der Waals surface area contributed by atoms with Gasteiger partial charge in [-0.15, -0.1) is 0 Å². The van der Waals surface area contributed by atoms with Gasteiger partial charge in [0.15, 0.2) is 0 Å². The van der Waals surface area contributed by atoms with E-state index in [1.165, 1.54) is 12.1 Å². The molecule has 0 saturated carbocycles. The molecule has 0 aromatic heterocycles. The summed E-state index contributed by atoms with van der Waals surface area (Å²) in [6, 6.07) is 10.6. The van der Waals surface area contributed by atoms with Gasteiger partial charge in [0.1, 0.15) is 0 Å². The fraction of sp³-hybridized carbons (Fsp3) is 0.333. The Hall–Kier alpha value is -4.21. The van der Waals surface area contributed by atoms with Crippen molar-refractivity contribution in [2.45, 2.75) is 65.2 Å². The van der Waals surface area contributed by atoms with E-state index in [9.17, 15) is 52.7 Å². The third-order valence-electron chi connectivity index (χ3n) is 11.1. The Morgan fingerprint density at radius 3 is 0.867 bits per heavy atom. The molecule has 3 nitrogen and oxygen atoms in total. The van der Waals surface area contributed by atoms with E-state index in [0.29, 0.717) is 12.1 Å². The number of hydrogen-bond donors (Lipinski definition) is 0. The molecule has 60 heavy (non-hydrogen) atoms. The molecule has 0 unspecified atom stereocenters. The molecule has 0 amide bonds. The van der Waals surface area contributed by atoms with E-state index < -0.39 is 123 Å². The summed E-state index contributed by atoms with van der Waals surface area (Å²) in [5, 5.41) is -4.52. The van der Waals surface area contributed by atoms with Crippen LogP contribution in [-0.4, -0.2) is 54.6 Å². The molecule has 3 heterocycles. The van der Waals surface area contributed by atoms with Gasteiger partial charge in [-0.2, -0.15) is 0 Å². The SMILES string of the molecule is FC(F)(F)C(F)(F)C1(C(F)(F)C(F)(F)F)O[P-]23(CC(c4ccccc4)(c4ccccc4)O2)(OC(C(F)(F)C(F)(F)F)(C(F)(F)C(F)(F)F)c2ccccc23)c2ccccc21. The number of alkyl halides is 20. The second-order valence-electron chi connectivity index (χ2n) is 14.3. The van der Waals surface area contributed by atoms with Gasteiger partial charge in [-0.1, -0.05) is 0 Å². The van der Waals surface area contributed by atoms with Crippen LogP contribution >= 0.6 is 6.63 Å². The molecule has 4 aromatic rings. The van der Waals surface area contributed by atoms with E-state index in [1.807, 2.05) is 0 Å². The molecule has 3 aliphatic rings. The van der Waals surface area contributed by atoms with E-state index in [-0.39, 0.29) is 24.3 Å². The van der Waals surface area contributed by atoms with Gasteiger partial charge in [0.2, 0.25) is 0 Å². The molecule has 328 valence electrons. The van der Waals surface area contributed by atoms with Crippen molar-refractivity contribution in [2.24, 2.45) is 0 Å². The Balaban J connectivity index is 1.82. The number of halogens is 20. The molecule has 4 aromatic carbocycles. The molecule has 0 atom stereocenters. The summed E-state index contributed by atoms with van der Waals surface area (Å²) in [5.41, 5.74) is -23.4. The molecule has 0 bridgehead atoms. The van der Waals surface area contributed by atoms with E-state index in [0.717, 1.165) is 48.5 Å². The first-order valence-electron chi connectivity index (χ1n) is 16.5. The van der Waals surface area contributed by atoms with Crippen LogP contribution in [0.2, 0.25) is 0 Å². The van der Waals surface area contributed by atoms with Crippen molar-refractivity contribution < 1.29 is 101 Å². The normalized spacial score (nSPS) is 22.8. The third kappa shape index (κ3) is 4.54. The fourth-order valence-electron chi connectivity index (χ4n) is 8.85. The minimum atomic E-state index is -9.55. The Kier molecular flexibility index (Phi) is 8.50.